The summed E-state index contributed by atoms with van der Waals surface area (Å²) in [4.78, 5) is 11.7. The number of fused-ring (bicyclic) bond motifs is 2. The lowest BCUT2D eigenvalue weighted by Gasteiger charge is -2.21. The topological polar surface area (TPSA) is 59.6 Å². The van der Waals surface area contributed by atoms with Gasteiger partial charge in [0.25, 0.3) is 0 Å². The average Bonchev–Trinajstić information content (AvgIpc) is 2.92. The fourth-order valence-electron chi connectivity index (χ4n) is 2.83. The number of amides is 2. The summed E-state index contributed by atoms with van der Waals surface area (Å²) in [7, 11) is 0. The summed E-state index contributed by atoms with van der Waals surface area (Å²) in [6, 6.07) is 0.317. The molecule has 0 aromatic rings. The van der Waals surface area contributed by atoms with Gasteiger partial charge in [-0.3, -0.25) is 0 Å². The van der Waals surface area contributed by atoms with Crippen molar-refractivity contribution >= 4 is 6.03 Å². The van der Waals surface area contributed by atoms with Gasteiger partial charge in [0.15, 0.2) is 0 Å². The first-order valence-corrected chi connectivity index (χ1v) is 6.11. The molecule has 0 saturated carbocycles. The largest absolute Gasteiger partial charge is 0.379 e. The van der Waals surface area contributed by atoms with E-state index in [0.29, 0.717) is 12.7 Å². The average molecular weight is 226 g/mol. The zero-order valence-electron chi connectivity index (χ0n) is 9.28. The Hall–Kier alpha value is -0.810. The second-order valence-corrected chi connectivity index (χ2v) is 4.89. The predicted octanol–water partition coefficient (Wildman–Crippen LogP) is 0.394. The molecule has 3 fully saturated rings. The molecule has 90 valence electrons. The van der Waals surface area contributed by atoms with Crippen LogP contribution in [0.3, 0.4) is 0 Å². The first kappa shape index (κ1) is 10.4. The lowest BCUT2D eigenvalue weighted by molar-refractivity contribution is 0.0980. The van der Waals surface area contributed by atoms with E-state index in [-0.39, 0.29) is 24.2 Å². The normalized spacial score (nSPS) is 41.2. The van der Waals surface area contributed by atoms with Crippen molar-refractivity contribution in [3.05, 3.63) is 0 Å². The summed E-state index contributed by atoms with van der Waals surface area (Å²) >= 11 is 0. The number of hydrogen-bond acceptors (Lipinski definition) is 3. The molecular formula is C11H18N2O3. The van der Waals surface area contributed by atoms with Crippen molar-refractivity contribution < 1.29 is 14.3 Å². The van der Waals surface area contributed by atoms with Crippen LogP contribution >= 0.6 is 0 Å². The Labute approximate surface area is 94.9 Å². The minimum atomic E-state index is -0.0725. The maximum absolute atomic E-state index is 11.7. The molecule has 5 nitrogen and oxygen atoms in total. The quantitative estimate of drug-likeness (QED) is 0.716. The molecule has 16 heavy (non-hydrogen) atoms. The smallest absolute Gasteiger partial charge is 0.315 e. The molecule has 2 bridgehead atoms. The molecule has 4 atom stereocenters. The Kier molecular flexibility index (Phi) is 2.73. The molecule has 0 radical (unpaired) electrons. The van der Waals surface area contributed by atoms with Crippen LogP contribution in [0.5, 0.6) is 0 Å². The van der Waals surface area contributed by atoms with Crippen LogP contribution in [-0.4, -0.2) is 43.5 Å². The third kappa shape index (κ3) is 2.01. The molecule has 4 unspecified atom stereocenters. The standard InChI is InChI=1S/C11H18N2O3/c14-11(12-7-3-4-15-6-7)13-9-5-8-1-2-10(9)16-8/h7-10H,1-6H2,(H2,12,13,14). The number of rotatable bonds is 2. The fraction of sp³-hybridized carbons (Fsp3) is 0.909. The van der Waals surface area contributed by atoms with E-state index in [9.17, 15) is 4.79 Å². The van der Waals surface area contributed by atoms with E-state index in [2.05, 4.69) is 10.6 Å². The third-order valence-corrected chi connectivity index (χ3v) is 3.69. The van der Waals surface area contributed by atoms with Gasteiger partial charge in [-0.25, -0.2) is 4.79 Å². The molecule has 2 N–H and O–H groups in total. The van der Waals surface area contributed by atoms with Gasteiger partial charge in [-0.2, -0.15) is 0 Å². The number of carbonyl (C=O) groups is 1. The Morgan fingerprint density at radius 1 is 1.19 bits per heavy atom. The highest BCUT2D eigenvalue weighted by Gasteiger charge is 2.41. The summed E-state index contributed by atoms with van der Waals surface area (Å²) in [5, 5.41) is 5.94. The lowest BCUT2D eigenvalue weighted by Crippen LogP contribution is -2.49. The van der Waals surface area contributed by atoms with Gasteiger partial charge in [-0.15, -0.1) is 0 Å². The summed E-state index contributed by atoms with van der Waals surface area (Å²) in [6.07, 6.45) is 4.75. The van der Waals surface area contributed by atoms with Gasteiger partial charge in [0.05, 0.1) is 30.9 Å². The Morgan fingerprint density at radius 3 is 2.75 bits per heavy atom. The van der Waals surface area contributed by atoms with Gasteiger partial charge in [0, 0.05) is 6.61 Å². The van der Waals surface area contributed by atoms with E-state index in [4.69, 9.17) is 9.47 Å². The van der Waals surface area contributed by atoms with Crippen molar-refractivity contribution in [3.8, 4) is 0 Å². The molecule has 3 heterocycles. The highest BCUT2D eigenvalue weighted by Crippen LogP contribution is 2.34. The van der Waals surface area contributed by atoms with Crippen LogP contribution in [-0.2, 0) is 9.47 Å². The van der Waals surface area contributed by atoms with Crippen molar-refractivity contribution in [1.82, 2.24) is 10.6 Å². The molecule has 0 spiro atoms. The van der Waals surface area contributed by atoms with Gasteiger partial charge in [-0.05, 0) is 25.7 Å². The molecular weight excluding hydrogens is 208 g/mol. The van der Waals surface area contributed by atoms with Crippen LogP contribution < -0.4 is 10.6 Å². The van der Waals surface area contributed by atoms with Crippen LogP contribution in [0.15, 0.2) is 0 Å². The van der Waals surface area contributed by atoms with Crippen LogP contribution in [0, 0.1) is 0 Å². The van der Waals surface area contributed by atoms with E-state index in [1.165, 1.54) is 0 Å². The highest BCUT2D eigenvalue weighted by atomic mass is 16.5. The zero-order chi connectivity index (χ0) is 11.0. The van der Waals surface area contributed by atoms with Gasteiger partial charge < -0.3 is 20.1 Å². The summed E-state index contributed by atoms with van der Waals surface area (Å²) in [6.45, 7) is 1.39. The lowest BCUT2D eigenvalue weighted by atomic mass is 9.96. The summed E-state index contributed by atoms with van der Waals surface area (Å²) in [5.41, 5.74) is 0. The molecule has 0 aromatic heterocycles. The fourth-order valence-corrected chi connectivity index (χ4v) is 2.83. The van der Waals surface area contributed by atoms with Crippen molar-refractivity contribution in [3.63, 3.8) is 0 Å². The SMILES string of the molecule is O=C(NC1CCOC1)NC1CC2CCC1O2. The minimum absolute atomic E-state index is 0.0725. The number of nitrogens with one attached hydrogen (secondary N) is 2. The van der Waals surface area contributed by atoms with Crippen molar-refractivity contribution in [2.24, 2.45) is 0 Å². The van der Waals surface area contributed by atoms with Crippen molar-refractivity contribution in [1.29, 1.82) is 0 Å². The van der Waals surface area contributed by atoms with E-state index in [1.807, 2.05) is 0 Å². The zero-order valence-corrected chi connectivity index (χ0v) is 9.28. The van der Waals surface area contributed by atoms with Crippen LogP contribution in [0.25, 0.3) is 0 Å². The summed E-state index contributed by atoms with van der Waals surface area (Å²) < 4.78 is 10.9. The molecule has 0 aromatic carbocycles. The van der Waals surface area contributed by atoms with Gasteiger partial charge >= 0.3 is 6.03 Å². The Balaban J connectivity index is 1.45. The van der Waals surface area contributed by atoms with Gasteiger partial charge in [0.1, 0.15) is 0 Å². The molecule has 2 amide bonds. The second kappa shape index (κ2) is 4.22. The number of urea groups is 1. The molecule has 3 aliphatic rings. The molecule has 5 heteroatoms. The van der Waals surface area contributed by atoms with Crippen LogP contribution in [0.2, 0.25) is 0 Å². The minimum Gasteiger partial charge on any atom is -0.379 e. The number of hydrogen-bond donors (Lipinski definition) is 2. The molecule has 0 aliphatic carbocycles. The van der Waals surface area contributed by atoms with Crippen molar-refractivity contribution in [2.45, 2.75) is 50.0 Å². The maximum atomic E-state index is 11.7. The first-order chi connectivity index (χ1) is 7.81. The summed E-state index contributed by atoms with van der Waals surface area (Å²) in [5.74, 6) is 0. The predicted molar refractivity (Wildman–Crippen MR) is 57.2 cm³/mol. The number of ether oxygens (including phenoxy) is 2. The Bertz CT molecular complexity index is 278. The van der Waals surface area contributed by atoms with E-state index in [0.717, 1.165) is 32.3 Å². The monoisotopic (exact) mass is 226 g/mol. The van der Waals surface area contributed by atoms with E-state index in [1.54, 1.807) is 0 Å². The molecule has 3 saturated heterocycles. The Morgan fingerprint density at radius 2 is 2.12 bits per heavy atom. The molecule has 3 aliphatic heterocycles. The third-order valence-electron chi connectivity index (χ3n) is 3.69. The number of carbonyl (C=O) groups excluding carboxylic acids is 1. The van der Waals surface area contributed by atoms with Gasteiger partial charge in [0.2, 0.25) is 0 Å². The van der Waals surface area contributed by atoms with Crippen LogP contribution in [0.4, 0.5) is 4.79 Å². The first-order valence-electron chi connectivity index (χ1n) is 6.11. The highest BCUT2D eigenvalue weighted by molar-refractivity contribution is 5.74. The van der Waals surface area contributed by atoms with E-state index >= 15 is 0 Å². The van der Waals surface area contributed by atoms with Crippen molar-refractivity contribution in [2.75, 3.05) is 13.2 Å². The van der Waals surface area contributed by atoms with Crippen LogP contribution in [0.1, 0.15) is 25.7 Å². The maximum Gasteiger partial charge on any atom is 0.315 e. The second-order valence-electron chi connectivity index (χ2n) is 4.89. The van der Waals surface area contributed by atoms with Gasteiger partial charge in [-0.1, -0.05) is 0 Å². The van der Waals surface area contributed by atoms with E-state index < -0.39 is 0 Å². The molecule has 3 rings (SSSR count).